The second-order valence-corrected chi connectivity index (χ2v) is 4.28. The first-order chi connectivity index (χ1) is 11.0. The van der Waals surface area contributed by atoms with Crippen molar-refractivity contribution >= 4 is 11.7 Å². The standard InChI is InChI=1S/C12H17N3O8/c16-3-1-7(2-4-17)8(9(19)23-6-5-18)15-11(21)13-10(20)14-12(15)22/h16-18H,1-6H2,(H2,13,14,20,21,22). The number of nitrogens with zero attached hydrogens (tertiary/aromatic N) is 1. The van der Waals surface area contributed by atoms with Gasteiger partial charge in [0.15, 0.2) is 0 Å². The summed E-state index contributed by atoms with van der Waals surface area (Å²) < 4.78 is 5.06. The van der Waals surface area contributed by atoms with Crippen LogP contribution < -0.4 is 17.1 Å². The van der Waals surface area contributed by atoms with Crippen molar-refractivity contribution in [3.63, 3.8) is 0 Å². The summed E-state index contributed by atoms with van der Waals surface area (Å²) >= 11 is 0. The SMILES string of the molecule is O=C(OCCO)C(=C(CCO)CCO)n1c(=O)[nH]c(=O)[nH]c1=O. The zero-order valence-corrected chi connectivity index (χ0v) is 12.1. The minimum absolute atomic E-state index is 0.0811. The molecule has 1 rings (SSSR count). The normalized spacial score (nSPS) is 10.4. The van der Waals surface area contributed by atoms with Gasteiger partial charge in [0.1, 0.15) is 12.3 Å². The number of nitrogens with one attached hydrogen (secondary N) is 2. The summed E-state index contributed by atoms with van der Waals surface area (Å²) in [5.41, 5.74) is -3.85. The Morgan fingerprint density at radius 3 is 1.91 bits per heavy atom. The number of aromatic nitrogens is 3. The Balaban J connectivity index is 3.61. The van der Waals surface area contributed by atoms with Crippen molar-refractivity contribution < 1.29 is 24.9 Å². The molecule has 0 aliphatic heterocycles. The summed E-state index contributed by atoms with van der Waals surface area (Å²) in [5.74, 6) is -1.12. The van der Waals surface area contributed by atoms with E-state index in [0.717, 1.165) is 0 Å². The number of carbonyl (C=O) groups is 1. The van der Waals surface area contributed by atoms with Crippen molar-refractivity contribution in [2.75, 3.05) is 26.4 Å². The van der Waals surface area contributed by atoms with Gasteiger partial charge in [-0.15, -0.1) is 0 Å². The highest BCUT2D eigenvalue weighted by Gasteiger charge is 2.22. The fourth-order valence-corrected chi connectivity index (χ4v) is 1.86. The van der Waals surface area contributed by atoms with E-state index in [-0.39, 0.29) is 25.0 Å². The van der Waals surface area contributed by atoms with Crippen LogP contribution in [0.2, 0.25) is 0 Å². The smallest absolute Gasteiger partial charge is 0.355 e. The van der Waals surface area contributed by atoms with Crippen molar-refractivity contribution in [2.45, 2.75) is 12.8 Å². The zero-order valence-electron chi connectivity index (χ0n) is 12.1. The molecule has 0 saturated carbocycles. The van der Waals surface area contributed by atoms with Gasteiger partial charge in [-0.05, 0) is 18.4 Å². The number of aromatic amines is 2. The van der Waals surface area contributed by atoms with E-state index in [1.54, 1.807) is 9.97 Å². The first kappa shape index (κ1) is 18.5. The van der Waals surface area contributed by atoms with Crippen molar-refractivity contribution in [1.82, 2.24) is 14.5 Å². The van der Waals surface area contributed by atoms with Gasteiger partial charge < -0.3 is 20.1 Å². The number of carbonyl (C=O) groups excluding carboxylic acids is 1. The van der Waals surface area contributed by atoms with Crippen LogP contribution in [-0.2, 0) is 9.53 Å². The van der Waals surface area contributed by atoms with E-state index < -0.39 is 48.6 Å². The summed E-state index contributed by atoms with van der Waals surface area (Å²) in [6.45, 7) is -1.70. The Hall–Kier alpha value is -2.50. The van der Waals surface area contributed by atoms with E-state index in [9.17, 15) is 19.2 Å². The maximum absolute atomic E-state index is 12.1. The topological polar surface area (TPSA) is 175 Å². The summed E-state index contributed by atoms with van der Waals surface area (Å²) in [6, 6.07) is 0. The van der Waals surface area contributed by atoms with Crippen LogP contribution in [0.1, 0.15) is 12.8 Å². The lowest BCUT2D eigenvalue weighted by molar-refractivity contribution is -0.138. The summed E-state index contributed by atoms with van der Waals surface area (Å²) in [5, 5.41) is 26.8. The van der Waals surface area contributed by atoms with Gasteiger partial charge in [0, 0.05) is 13.2 Å². The predicted octanol–water partition coefficient (Wildman–Crippen LogP) is -3.26. The van der Waals surface area contributed by atoms with Crippen LogP contribution in [0.25, 0.3) is 5.70 Å². The van der Waals surface area contributed by atoms with Crippen LogP contribution >= 0.6 is 0 Å². The third kappa shape index (κ3) is 4.74. The molecule has 1 aromatic heterocycles. The fourth-order valence-electron chi connectivity index (χ4n) is 1.86. The van der Waals surface area contributed by atoms with Gasteiger partial charge in [-0.2, -0.15) is 0 Å². The predicted molar refractivity (Wildman–Crippen MR) is 76.6 cm³/mol. The molecule has 0 unspecified atom stereocenters. The van der Waals surface area contributed by atoms with Crippen molar-refractivity contribution in [3.05, 3.63) is 37.0 Å². The van der Waals surface area contributed by atoms with E-state index in [0.29, 0.717) is 4.57 Å². The molecule has 128 valence electrons. The number of H-pyrrole nitrogens is 2. The molecule has 0 aliphatic carbocycles. The number of hydrogen-bond donors (Lipinski definition) is 5. The van der Waals surface area contributed by atoms with E-state index >= 15 is 0 Å². The fraction of sp³-hybridized carbons (Fsp3) is 0.500. The minimum atomic E-state index is -1.18. The first-order valence-corrected chi connectivity index (χ1v) is 6.64. The Morgan fingerprint density at radius 2 is 1.48 bits per heavy atom. The van der Waals surface area contributed by atoms with Crippen LogP contribution in [0.4, 0.5) is 0 Å². The zero-order chi connectivity index (χ0) is 17.4. The van der Waals surface area contributed by atoms with Gasteiger partial charge in [-0.25, -0.2) is 23.7 Å². The molecular formula is C12H17N3O8. The quantitative estimate of drug-likeness (QED) is 0.243. The van der Waals surface area contributed by atoms with Crippen molar-refractivity contribution in [3.8, 4) is 0 Å². The number of aliphatic hydroxyl groups is 3. The highest BCUT2D eigenvalue weighted by Crippen LogP contribution is 2.16. The lowest BCUT2D eigenvalue weighted by Gasteiger charge is -2.14. The van der Waals surface area contributed by atoms with Gasteiger partial charge >= 0.3 is 23.0 Å². The van der Waals surface area contributed by atoms with Gasteiger partial charge in [0.05, 0.1) is 6.61 Å². The number of rotatable bonds is 8. The Morgan fingerprint density at radius 1 is 0.957 bits per heavy atom. The molecule has 11 heteroatoms. The maximum Gasteiger partial charge on any atom is 0.355 e. The minimum Gasteiger partial charge on any atom is -0.459 e. The molecule has 0 fully saturated rings. The molecule has 1 aromatic rings. The average molecular weight is 331 g/mol. The summed E-state index contributed by atoms with van der Waals surface area (Å²) in [6.07, 6.45) is -0.232. The van der Waals surface area contributed by atoms with Crippen LogP contribution in [0.15, 0.2) is 20.0 Å². The largest absolute Gasteiger partial charge is 0.459 e. The summed E-state index contributed by atoms with van der Waals surface area (Å²) in [4.78, 5) is 50.5. The Bertz CT molecular complexity index is 699. The molecule has 0 saturated heterocycles. The Labute approximate surface area is 128 Å². The lowest BCUT2D eigenvalue weighted by atomic mass is 10.1. The molecule has 1 heterocycles. The molecule has 0 spiro atoms. The third-order valence-corrected chi connectivity index (χ3v) is 2.75. The molecule has 0 aromatic carbocycles. The maximum atomic E-state index is 12.1. The number of esters is 1. The lowest BCUT2D eigenvalue weighted by Crippen LogP contribution is -2.44. The van der Waals surface area contributed by atoms with Gasteiger partial charge in [-0.3, -0.25) is 9.97 Å². The van der Waals surface area contributed by atoms with Crippen LogP contribution in [0, 0.1) is 0 Å². The number of aliphatic hydroxyl groups excluding tert-OH is 3. The number of hydrogen-bond acceptors (Lipinski definition) is 8. The van der Waals surface area contributed by atoms with Crippen LogP contribution in [0.3, 0.4) is 0 Å². The molecule has 5 N–H and O–H groups in total. The molecule has 0 amide bonds. The van der Waals surface area contributed by atoms with Gasteiger partial charge in [0.2, 0.25) is 0 Å². The monoisotopic (exact) mass is 331 g/mol. The average Bonchev–Trinajstić information content (AvgIpc) is 2.48. The molecule has 0 radical (unpaired) electrons. The summed E-state index contributed by atoms with van der Waals surface area (Å²) in [7, 11) is 0. The third-order valence-electron chi connectivity index (χ3n) is 2.75. The van der Waals surface area contributed by atoms with Gasteiger partial charge in [-0.1, -0.05) is 0 Å². The molecule has 0 bridgehead atoms. The van der Waals surface area contributed by atoms with Crippen LogP contribution in [-0.4, -0.2) is 62.3 Å². The second kappa shape index (κ2) is 8.82. The highest BCUT2D eigenvalue weighted by atomic mass is 16.5. The molecule has 0 aliphatic rings. The second-order valence-electron chi connectivity index (χ2n) is 4.28. The molecule has 11 nitrogen and oxygen atoms in total. The van der Waals surface area contributed by atoms with E-state index in [4.69, 9.17) is 20.1 Å². The van der Waals surface area contributed by atoms with Gasteiger partial charge in [0.25, 0.3) is 0 Å². The molecular weight excluding hydrogens is 314 g/mol. The number of ether oxygens (including phenoxy) is 1. The van der Waals surface area contributed by atoms with E-state index in [1.165, 1.54) is 0 Å². The van der Waals surface area contributed by atoms with Crippen LogP contribution in [0.5, 0.6) is 0 Å². The Kier molecular flexibility index (Phi) is 7.12. The van der Waals surface area contributed by atoms with E-state index in [1.807, 2.05) is 0 Å². The molecule has 23 heavy (non-hydrogen) atoms. The highest BCUT2D eigenvalue weighted by molar-refractivity contribution is 6.11. The van der Waals surface area contributed by atoms with Crippen molar-refractivity contribution in [2.24, 2.45) is 0 Å². The first-order valence-electron chi connectivity index (χ1n) is 6.64. The van der Waals surface area contributed by atoms with Crippen molar-refractivity contribution in [1.29, 1.82) is 0 Å². The molecule has 0 atom stereocenters. The van der Waals surface area contributed by atoms with E-state index in [2.05, 4.69) is 0 Å².